The molecule has 2 rings (SSSR count). The molecule has 1 unspecified atom stereocenters. The number of nitrogens with one attached hydrogen (secondary N) is 1. The van der Waals surface area contributed by atoms with Crippen molar-refractivity contribution in [2.75, 3.05) is 6.54 Å². The molecule has 4 heteroatoms. The topological polar surface area (TPSA) is 55.1 Å². The number of amides is 1. The molecule has 0 aliphatic heterocycles. The second-order valence-electron chi connectivity index (χ2n) is 4.16. The summed E-state index contributed by atoms with van der Waals surface area (Å²) in [7, 11) is 0. The lowest BCUT2D eigenvalue weighted by Crippen LogP contribution is -2.41. The van der Waals surface area contributed by atoms with Crippen LogP contribution < -0.4 is 11.1 Å². The minimum Gasteiger partial charge on any atom is -0.348 e. The van der Waals surface area contributed by atoms with Gasteiger partial charge in [0, 0.05) is 18.2 Å². The predicted molar refractivity (Wildman–Crippen MR) is 59.4 cm³/mol. The van der Waals surface area contributed by atoms with Crippen LogP contribution in [-0.4, -0.2) is 18.5 Å². The highest BCUT2D eigenvalue weighted by atomic mass is 19.1. The van der Waals surface area contributed by atoms with Gasteiger partial charge in [-0.2, -0.15) is 0 Å². The van der Waals surface area contributed by atoms with Crippen molar-refractivity contribution in [3.63, 3.8) is 0 Å². The molecule has 0 heterocycles. The smallest absolute Gasteiger partial charge is 0.251 e. The Kier molecular flexibility index (Phi) is 3.19. The summed E-state index contributed by atoms with van der Waals surface area (Å²) in [6.07, 6.45) is 2.26. The third kappa shape index (κ3) is 2.58. The molecule has 86 valence electrons. The number of halogens is 1. The third-order valence-electron chi connectivity index (χ3n) is 2.87. The molecule has 1 aliphatic carbocycles. The van der Waals surface area contributed by atoms with E-state index in [0.29, 0.717) is 18.0 Å². The normalized spacial score (nSPS) is 16.9. The summed E-state index contributed by atoms with van der Waals surface area (Å²) >= 11 is 0. The van der Waals surface area contributed by atoms with Crippen molar-refractivity contribution in [2.45, 2.75) is 18.9 Å². The van der Waals surface area contributed by atoms with Gasteiger partial charge in [-0.25, -0.2) is 4.39 Å². The standard InChI is InChI=1S/C12H15FN2O/c13-10-5-3-9(4-6-10)12(16)15-11(7-14)8-1-2-8/h3-6,8,11H,1-2,7,14H2,(H,15,16). The van der Waals surface area contributed by atoms with Gasteiger partial charge in [0.25, 0.3) is 5.91 Å². The highest BCUT2D eigenvalue weighted by molar-refractivity contribution is 5.94. The Morgan fingerprint density at radius 1 is 1.44 bits per heavy atom. The van der Waals surface area contributed by atoms with E-state index >= 15 is 0 Å². The van der Waals surface area contributed by atoms with Crippen LogP contribution in [0.3, 0.4) is 0 Å². The maximum absolute atomic E-state index is 12.7. The summed E-state index contributed by atoms with van der Waals surface area (Å²) in [6.45, 7) is 0.456. The van der Waals surface area contributed by atoms with E-state index in [4.69, 9.17) is 5.73 Å². The van der Waals surface area contributed by atoms with Crippen LogP contribution in [0, 0.1) is 11.7 Å². The van der Waals surface area contributed by atoms with E-state index in [1.165, 1.54) is 24.3 Å². The van der Waals surface area contributed by atoms with Crippen molar-refractivity contribution in [1.29, 1.82) is 0 Å². The Hall–Kier alpha value is -1.42. The molecule has 1 aromatic rings. The van der Waals surface area contributed by atoms with Crippen molar-refractivity contribution in [2.24, 2.45) is 11.7 Å². The van der Waals surface area contributed by atoms with Crippen molar-refractivity contribution >= 4 is 5.91 Å². The van der Waals surface area contributed by atoms with Crippen LogP contribution in [0.5, 0.6) is 0 Å². The fourth-order valence-corrected chi connectivity index (χ4v) is 1.72. The van der Waals surface area contributed by atoms with Crippen LogP contribution in [0.1, 0.15) is 23.2 Å². The number of rotatable bonds is 4. The van der Waals surface area contributed by atoms with Crippen molar-refractivity contribution in [1.82, 2.24) is 5.32 Å². The van der Waals surface area contributed by atoms with Gasteiger partial charge in [-0.3, -0.25) is 4.79 Å². The lowest BCUT2D eigenvalue weighted by molar-refractivity contribution is 0.0933. The van der Waals surface area contributed by atoms with Crippen LogP contribution >= 0.6 is 0 Å². The van der Waals surface area contributed by atoms with Gasteiger partial charge in [-0.15, -0.1) is 0 Å². The first kappa shape index (κ1) is 11.1. The Morgan fingerprint density at radius 3 is 2.56 bits per heavy atom. The van der Waals surface area contributed by atoms with Crippen LogP contribution in [0.25, 0.3) is 0 Å². The molecule has 3 N–H and O–H groups in total. The van der Waals surface area contributed by atoms with Gasteiger partial charge in [0.1, 0.15) is 5.82 Å². The quantitative estimate of drug-likeness (QED) is 0.806. The Morgan fingerprint density at radius 2 is 2.06 bits per heavy atom. The first-order chi connectivity index (χ1) is 7.70. The van der Waals surface area contributed by atoms with Gasteiger partial charge in [0.05, 0.1) is 0 Å². The van der Waals surface area contributed by atoms with E-state index in [1.807, 2.05) is 0 Å². The summed E-state index contributed by atoms with van der Waals surface area (Å²) in [5, 5.41) is 2.88. The minimum atomic E-state index is -0.339. The predicted octanol–water partition coefficient (Wildman–Crippen LogP) is 1.29. The third-order valence-corrected chi connectivity index (χ3v) is 2.87. The van der Waals surface area contributed by atoms with Crippen LogP contribution in [-0.2, 0) is 0 Å². The number of benzene rings is 1. The zero-order chi connectivity index (χ0) is 11.5. The molecule has 16 heavy (non-hydrogen) atoms. The molecular weight excluding hydrogens is 207 g/mol. The maximum atomic E-state index is 12.7. The summed E-state index contributed by atoms with van der Waals surface area (Å²) in [5.41, 5.74) is 6.06. The number of hydrogen-bond donors (Lipinski definition) is 2. The Balaban J connectivity index is 1.98. The zero-order valence-electron chi connectivity index (χ0n) is 8.95. The zero-order valence-corrected chi connectivity index (χ0v) is 8.95. The van der Waals surface area contributed by atoms with E-state index in [2.05, 4.69) is 5.32 Å². The van der Waals surface area contributed by atoms with Crippen molar-refractivity contribution in [3.8, 4) is 0 Å². The molecule has 0 aromatic heterocycles. The SMILES string of the molecule is NCC(NC(=O)c1ccc(F)cc1)C1CC1. The van der Waals surface area contributed by atoms with Gasteiger partial charge in [0.15, 0.2) is 0 Å². The van der Waals surface area contributed by atoms with Gasteiger partial charge in [-0.05, 0) is 43.0 Å². The largest absolute Gasteiger partial charge is 0.348 e. The number of carbonyl (C=O) groups excluding carboxylic acids is 1. The highest BCUT2D eigenvalue weighted by Crippen LogP contribution is 2.32. The van der Waals surface area contributed by atoms with Gasteiger partial charge in [0.2, 0.25) is 0 Å². The summed E-state index contributed by atoms with van der Waals surface area (Å²) in [4.78, 5) is 11.8. The number of hydrogen-bond acceptors (Lipinski definition) is 2. The van der Waals surface area contributed by atoms with Crippen LogP contribution in [0.2, 0.25) is 0 Å². The Bertz CT molecular complexity index is 373. The van der Waals surface area contributed by atoms with Gasteiger partial charge < -0.3 is 11.1 Å². The molecular formula is C12H15FN2O. The summed E-state index contributed by atoms with van der Waals surface area (Å²) in [5.74, 6) is 0.00543. The van der Waals surface area contributed by atoms with Crippen LogP contribution in [0.4, 0.5) is 4.39 Å². The molecule has 3 nitrogen and oxygen atoms in total. The lowest BCUT2D eigenvalue weighted by Gasteiger charge is -2.15. The first-order valence-corrected chi connectivity index (χ1v) is 5.47. The monoisotopic (exact) mass is 222 g/mol. The molecule has 1 fully saturated rings. The molecule has 0 spiro atoms. The number of nitrogens with two attached hydrogens (primary N) is 1. The van der Waals surface area contributed by atoms with E-state index in [-0.39, 0.29) is 17.8 Å². The molecule has 0 bridgehead atoms. The molecule has 1 atom stereocenters. The molecule has 1 aromatic carbocycles. The second-order valence-corrected chi connectivity index (χ2v) is 4.16. The first-order valence-electron chi connectivity index (χ1n) is 5.47. The maximum Gasteiger partial charge on any atom is 0.251 e. The highest BCUT2D eigenvalue weighted by Gasteiger charge is 2.31. The summed E-state index contributed by atoms with van der Waals surface area (Å²) < 4.78 is 12.7. The average molecular weight is 222 g/mol. The van der Waals surface area contributed by atoms with Crippen molar-refractivity contribution < 1.29 is 9.18 Å². The van der Waals surface area contributed by atoms with Gasteiger partial charge in [-0.1, -0.05) is 0 Å². The van der Waals surface area contributed by atoms with Gasteiger partial charge >= 0.3 is 0 Å². The van der Waals surface area contributed by atoms with Crippen LogP contribution in [0.15, 0.2) is 24.3 Å². The van der Waals surface area contributed by atoms with E-state index in [9.17, 15) is 9.18 Å². The van der Waals surface area contributed by atoms with E-state index in [0.717, 1.165) is 12.8 Å². The minimum absolute atomic E-state index is 0.0533. The van der Waals surface area contributed by atoms with E-state index < -0.39 is 0 Å². The average Bonchev–Trinajstić information content (AvgIpc) is 3.10. The summed E-state index contributed by atoms with van der Waals surface area (Å²) in [6, 6.07) is 5.57. The molecule has 1 amide bonds. The van der Waals surface area contributed by atoms with Crippen molar-refractivity contribution in [3.05, 3.63) is 35.6 Å². The lowest BCUT2D eigenvalue weighted by atomic mass is 10.1. The molecule has 1 aliphatic rings. The fourth-order valence-electron chi connectivity index (χ4n) is 1.72. The molecule has 1 saturated carbocycles. The molecule has 0 saturated heterocycles. The van der Waals surface area contributed by atoms with E-state index in [1.54, 1.807) is 0 Å². The second kappa shape index (κ2) is 4.61. The molecule has 0 radical (unpaired) electrons. The Labute approximate surface area is 93.8 Å². The number of carbonyl (C=O) groups is 1. The fraction of sp³-hybridized carbons (Fsp3) is 0.417.